The lowest BCUT2D eigenvalue weighted by Crippen LogP contribution is -2.41. The summed E-state index contributed by atoms with van der Waals surface area (Å²) in [7, 11) is 0.927. The molecule has 0 saturated heterocycles. The van der Waals surface area contributed by atoms with Crippen LogP contribution in [-0.2, 0) is 13.0 Å². The zero-order valence-corrected chi connectivity index (χ0v) is 20.8. The van der Waals surface area contributed by atoms with Crippen LogP contribution in [-0.4, -0.2) is 55.2 Å². The maximum atomic E-state index is 14.1. The Balaban J connectivity index is 1.76. The molecule has 17 heteroatoms. The first-order chi connectivity index (χ1) is 18.7. The minimum Gasteiger partial charge on any atom is -0.428 e. The van der Waals surface area contributed by atoms with E-state index in [2.05, 4.69) is 14.9 Å². The maximum Gasteiger partial charge on any atom is 0.459 e. The SMILES string of the molecule is Cn1nc(C(F)(F)C(F)(F)F)c(OC(F)F)c1-n1cc(-c2ccc(Cl)c(C(=O)N(CC#N)C3(C#N)CC3)c2)cn1. The number of nitrogens with zero attached hydrogens (tertiary/aromatic N) is 7. The molecule has 1 aromatic carbocycles. The van der Waals surface area contributed by atoms with Crippen LogP contribution in [0.15, 0.2) is 30.6 Å². The van der Waals surface area contributed by atoms with Gasteiger partial charge in [-0.05, 0) is 30.5 Å². The van der Waals surface area contributed by atoms with Gasteiger partial charge in [0.05, 0.1) is 28.9 Å². The van der Waals surface area contributed by atoms with Crippen LogP contribution in [0.5, 0.6) is 5.75 Å². The van der Waals surface area contributed by atoms with Gasteiger partial charge in [-0.15, -0.1) is 0 Å². The first-order valence-corrected chi connectivity index (χ1v) is 11.5. The van der Waals surface area contributed by atoms with E-state index in [1.807, 2.05) is 12.1 Å². The predicted molar refractivity (Wildman–Crippen MR) is 122 cm³/mol. The maximum absolute atomic E-state index is 14.1. The summed E-state index contributed by atoms with van der Waals surface area (Å²) in [6.45, 7) is -4.16. The molecule has 40 heavy (non-hydrogen) atoms. The second kappa shape index (κ2) is 10.0. The van der Waals surface area contributed by atoms with Gasteiger partial charge in [0.15, 0.2) is 17.3 Å². The number of alkyl halides is 7. The zero-order valence-electron chi connectivity index (χ0n) is 20.1. The molecule has 0 atom stereocenters. The average molecular weight is 590 g/mol. The Kier molecular flexibility index (Phi) is 7.19. The predicted octanol–water partition coefficient (Wildman–Crippen LogP) is 5.20. The van der Waals surface area contributed by atoms with Crippen LogP contribution < -0.4 is 4.74 Å². The van der Waals surface area contributed by atoms with Crippen molar-refractivity contribution in [2.24, 2.45) is 7.05 Å². The number of carbonyl (C=O) groups is 1. The van der Waals surface area contributed by atoms with Crippen LogP contribution in [0.1, 0.15) is 28.9 Å². The van der Waals surface area contributed by atoms with Gasteiger partial charge in [-0.1, -0.05) is 17.7 Å². The van der Waals surface area contributed by atoms with Gasteiger partial charge in [-0.25, -0.2) is 9.36 Å². The highest BCUT2D eigenvalue weighted by molar-refractivity contribution is 6.34. The Hall–Kier alpha value is -4.31. The van der Waals surface area contributed by atoms with Crippen molar-refractivity contribution in [2.45, 2.75) is 37.1 Å². The minimum absolute atomic E-state index is 0.0175. The molecule has 0 N–H and O–H groups in total. The van der Waals surface area contributed by atoms with E-state index >= 15 is 0 Å². The van der Waals surface area contributed by atoms with Gasteiger partial charge in [0, 0.05) is 18.8 Å². The number of aromatic nitrogens is 4. The van der Waals surface area contributed by atoms with Crippen molar-refractivity contribution in [1.29, 1.82) is 10.5 Å². The molecule has 1 saturated carbocycles. The van der Waals surface area contributed by atoms with Crippen LogP contribution in [0.4, 0.5) is 30.7 Å². The number of hydrogen-bond acceptors (Lipinski definition) is 6. The Morgan fingerprint density at radius 3 is 2.45 bits per heavy atom. The molecule has 1 aliphatic carbocycles. The molecule has 1 aliphatic rings. The molecule has 1 fully saturated rings. The number of rotatable bonds is 8. The first-order valence-electron chi connectivity index (χ1n) is 11.1. The van der Waals surface area contributed by atoms with E-state index in [0.29, 0.717) is 22.2 Å². The number of hydrogen-bond donors (Lipinski definition) is 0. The highest BCUT2D eigenvalue weighted by atomic mass is 35.5. The molecule has 3 aromatic rings. The van der Waals surface area contributed by atoms with Crippen LogP contribution >= 0.6 is 11.6 Å². The summed E-state index contributed by atoms with van der Waals surface area (Å²) in [5.74, 6) is -8.65. The van der Waals surface area contributed by atoms with Crippen molar-refractivity contribution in [1.82, 2.24) is 24.5 Å². The number of halogens is 8. The van der Waals surface area contributed by atoms with E-state index in [9.17, 15) is 40.8 Å². The van der Waals surface area contributed by atoms with Crippen molar-refractivity contribution in [3.63, 3.8) is 0 Å². The summed E-state index contributed by atoms with van der Waals surface area (Å²) in [5.41, 5.74) is -2.91. The molecule has 0 radical (unpaired) electrons. The third-order valence-electron chi connectivity index (χ3n) is 6.09. The van der Waals surface area contributed by atoms with Gasteiger partial charge in [-0.3, -0.25) is 4.79 Å². The first kappa shape index (κ1) is 28.7. The van der Waals surface area contributed by atoms with Crippen LogP contribution in [0.3, 0.4) is 0 Å². The number of nitriles is 2. The molecule has 0 aliphatic heterocycles. The van der Waals surface area contributed by atoms with Crippen molar-refractivity contribution >= 4 is 17.5 Å². The van der Waals surface area contributed by atoms with Crippen LogP contribution in [0, 0.1) is 22.7 Å². The molecule has 9 nitrogen and oxygen atoms in total. The van der Waals surface area contributed by atoms with Gasteiger partial charge in [-0.2, -0.15) is 51.5 Å². The normalized spacial score (nSPS) is 14.5. The number of carbonyl (C=O) groups excluding carboxylic acids is 1. The number of ether oxygens (including phenoxy) is 1. The smallest absolute Gasteiger partial charge is 0.428 e. The molecular formula is C23H15ClF7N7O2. The zero-order chi connectivity index (χ0) is 29.6. The average Bonchev–Trinajstić information content (AvgIpc) is 3.40. The Morgan fingerprint density at radius 1 is 1.23 bits per heavy atom. The monoisotopic (exact) mass is 589 g/mol. The fourth-order valence-corrected chi connectivity index (χ4v) is 4.13. The highest BCUT2D eigenvalue weighted by Crippen LogP contribution is 2.48. The second-order valence-electron chi connectivity index (χ2n) is 8.64. The van der Waals surface area contributed by atoms with Gasteiger partial charge in [0.1, 0.15) is 12.1 Å². The van der Waals surface area contributed by atoms with Crippen molar-refractivity contribution in [3.8, 4) is 34.8 Å². The summed E-state index contributed by atoms with van der Waals surface area (Å²) in [5, 5.41) is 25.6. The van der Waals surface area contributed by atoms with Gasteiger partial charge in [0.2, 0.25) is 0 Å². The highest BCUT2D eigenvalue weighted by Gasteiger charge is 2.62. The van der Waals surface area contributed by atoms with E-state index in [4.69, 9.17) is 16.9 Å². The van der Waals surface area contributed by atoms with E-state index in [1.54, 1.807) is 0 Å². The van der Waals surface area contributed by atoms with Crippen LogP contribution in [0.2, 0.25) is 5.02 Å². The molecule has 0 unspecified atom stereocenters. The lowest BCUT2D eigenvalue weighted by molar-refractivity contribution is -0.291. The molecule has 2 heterocycles. The second-order valence-corrected chi connectivity index (χ2v) is 9.04. The molecule has 1 amide bonds. The van der Waals surface area contributed by atoms with Crippen LogP contribution in [0.25, 0.3) is 16.9 Å². The number of amides is 1. The van der Waals surface area contributed by atoms with E-state index < -0.39 is 47.4 Å². The van der Waals surface area contributed by atoms with Gasteiger partial charge in [0.25, 0.3) is 5.91 Å². The third kappa shape index (κ3) is 4.90. The number of benzene rings is 1. The molecule has 210 valence electrons. The van der Waals surface area contributed by atoms with Crippen molar-refractivity contribution in [2.75, 3.05) is 6.54 Å². The van der Waals surface area contributed by atoms with Gasteiger partial charge < -0.3 is 9.64 Å². The van der Waals surface area contributed by atoms with Gasteiger partial charge >= 0.3 is 18.7 Å². The summed E-state index contributed by atoms with van der Waals surface area (Å²) in [4.78, 5) is 14.3. The molecule has 2 aromatic heterocycles. The fourth-order valence-electron chi connectivity index (χ4n) is 3.94. The molecule has 0 spiro atoms. The van der Waals surface area contributed by atoms with Crippen molar-refractivity contribution in [3.05, 3.63) is 46.9 Å². The lowest BCUT2D eigenvalue weighted by Gasteiger charge is -2.25. The minimum atomic E-state index is -6.16. The lowest BCUT2D eigenvalue weighted by atomic mass is 10.0. The molecule has 0 bridgehead atoms. The largest absolute Gasteiger partial charge is 0.459 e. The van der Waals surface area contributed by atoms with E-state index in [-0.39, 0.29) is 28.3 Å². The van der Waals surface area contributed by atoms with E-state index in [0.717, 1.165) is 24.3 Å². The Labute approximate surface area is 225 Å². The summed E-state index contributed by atoms with van der Waals surface area (Å²) in [6.07, 6.45) is -3.23. The van der Waals surface area contributed by atoms with Crippen molar-refractivity contribution < 1.29 is 40.3 Å². The quantitative estimate of drug-likeness (QED) is 0.264. The Bertz CT molecular complexity index is 1550. The third-order valence-corrected chi connectivity index (χ3v) is 6.42. The number of aryl methyl sites for hydroxylation is 1. The molecular weight excluding hydrogens is 575 g/mol. The summed E-state index contributed by atoms with van der Waals surface area (Å²) in [6, 6.07) is 7.91. The summed E-state index contributed by atoms with van der Waals surface area (Å²) < 4.78 is 98.5. The van der Waals surface area contributed by atoms with E-state index in [1.165, 1.54) is 18.2 Å². The standard InChI is InChI=1S/C23H15ClF7N7O2/c1-36-18(16(40-20(25)26)17(35-36)22(27,28)23(29,30)31)38-10-13(9-34-38)12-2-3-15(24)14(8-12)19(39)37(7-6-32)21(11-33)4-5-21/h2-3,8-10,20H,4-5,7H2,1H3. The Morgan fingerprint density at radius 2 is 1.90 bits per heavy atom. The molecule has 4 rings (SSSR count). The fraction of sp³-hybridized carbons (Fsp3) is 0.348. The summed E-state index contributed by atoms with van der Waals surface area (Å²) >= 11 is 6.21. The topological polar surface area (TPSA) is 113 Å².